The molecule has 0 aliphatic heterocycles. The number of hydrogen-bond donors (Lipinski definition) is 1. The van der Waals surface area contributed by atoms with Crippen LogP contribution < -0.4 is 5.32 Å². The van der Waals surface area contributed by atoms with Gasteiger partial charge in [-0.25, -0.2) is 9.48 Å². The highest BCUT2D eigenvalue weighted by Crippen LogP contribution is 2.25. The monoisotopic (exact) mass is 561 g/mol. The van der Waals surface area contributed by atoms with Gasteiger partial charge in [0, 0.05) is 18.1 Å². The van der Waals surface area contributed by atoms with Crippen LogP contribution in [-0.4, -0.2) is 74.5 Å². The Morgan fingerprint density at radius 1 is 1.19 bits per heavy atom. The van der Waals surface area contributed by atoms with Gasteiger partial charge in [0.05, 0.1) is 23.7 Å². The van der Waals surface area contributed by atoms with E-state index in [1.54, 1.807) is 32.9 Å². The summed E-state index contributed by atoms with van der Waals surface area (Å²) in [4.78, 5) is 40.0. The van der Waals surface area contributed by atoms with Gasteiger partial charge in [0.1, 0.15) is 24.1 Å². The van der Waals surface area contributed by atoms with Crippen LogP contribution in [0.4, 0.5) is 5.69 Å². The maximum Gasteiger partial charge on any atom is 0.329 e. The molecule has 1 aromatic heterocycles. The van der Waals surface area contributed by atoms with Crippen molar-refractivity contribution in [1.29, 1.82) is 0 Å². The van der Waals surface area contributed by atoms with Crippen molar-refractivity contribution in [3.63, 3.8) is 0 Å². The Morgan fingerprint density at radius 3 is 2.44 bits per heavy atom. The van der Waals surface area contributed by atoms with Gasteiger partial charge in [-0.05, 0) is 52.8 Å². The fourth-order valence-electron chi connectivity index (χ4n) is 3.15. The lowest BCUT2D eigenvalue weighted by molar-refractivity contribution is -0.165. The van der Waals surface area contributed by atoms with Crippen molar-refractivity contribution in [2.75, 3.05) is 24.3 Å². The number of carbonyl (C=O) groups excluding carboxylic acids is 3. The molecular weight excluding hydrogens is 533 g/mol. The van der Waals surface area contributed by atoms with Crippen LogP contribution in [0.25, 0.3) is 5.69 Å². The van der Waals surface area contributed by atoms with Crippen molar-refractivity contribution in [3.8, 4) is 5.69 Å². The summed E-state index contributed by atoms with van der Waals surface area (Å²) < 4.78 is 12.5. The molecule has 0 fully saturated rings. The van der Waals surface area contributed by atoms with Crippen molar-refractivity contribution in [2.45, 2.75) is 58.8 Å². The minimum atomic E-state index is -1.09. The molecule has 0 saturated carbocycles. The van der Waals surface area contributed by atoms with Crippen LogP contribution in [-0.2, 0) is 23.9 Å². The molecule has 0 bridgehead atoms. The molecule has 1 unspecified atom stereocenters. The van der Waals surface area contributed by atoms with Crippen molar-refractivity contribution in [1.82, 2.24) is 19.9 Å². The third-order valence-corrected chi connectivity index (χ3v) is 5.23. The lowest BCUT2D eigenvalue weighted by Crippen LogP contribution is -2.51. The first-order valence-corrected chi connectivity index (χ1v) is 12.5. The molecule has 0 aliphatic carbocycles. The minimum Gasteiger partial charge on any atom is -0.458 e. The first-order chi connectivity index (χ1) is 16.8. The van der Waals surface area contributed by atoms with E-state index < -0.39 is 41.9 Å². The highest BCUT2D eigenvalue weighted by atomic mass is 35.5. The number of amides is 2. The first kappa shape index (κ1) is 29.8. The molecule has 2 aromatic rings. The summed E-state index contributed by atoms with van der Waals surface area (Å²) in [5.41, 5.74) is -0.0679. The summed E-state index contributed by atoms with van der Waals surface area (Å²) >= 11 is 17.8. The molecule has 2 amide bonds. The number of nitrogens with zero attached hydrogens (tertiary/aromatic N) is 4. The van der Waals surface area contributed by atoms with Crippen molar-refractivity contribution < 1.29 is 23.9 Å². The third-order valence-electron chi connectivity index (χ3n) is 4.59. The van der Waals surface area contributed by atoms with Crippen LogP contribution in [0.5, 0.6) is 0 Å². The van der Waals surface area contributed by atoms with Gasteiger partial charge >= 0.3 is 5.97 Å². The lowest BCUT2D eigenvalue weighted by Gasteiger charge is -2.32. The number of alkyl halides is 1. The molecule has 13 heteroatoms. The highest BCUT2D eigenvalue weighted by Gasteiger charge is 2.34. The zero-order chi connectivity index (χ0) is 27.0. The number of halogens is 3. The molecular formula is C23H30Cl3N5O5. The minimum absolute atomic E-state index is 0.0868. The van der Waals surface area contributed by atoms with Crippen LogP contribution in [0.1, 0.15) is 41.0 Å². The Bertz CT molecular complexity index is 1070. The number of anilines is 1. The van der Waals surface area contributed by atoms with Gasteiger partial charge in [-0.2, -0.15) is 0 Å². The van der Waals surface area contributed by atoms with E-state index >= 15 is 0 Å². The van der Waals surface area contributed by atoms with Gasteiger partial charge in [-0.3, -0.25) is 9.59 Å². The van der Waals surface area contributed by atoms with E-state index in [2.05, 4.69) is 15.6 Å². The van der Waals surface area contributed by atoms with Crippen LogP contribution in [0, 0.1) is 0 Å². The molecule has 2 rings (SSSR count). The summed E-state index contributed by atoms with van der Waals surface area (Å²) in [6.45, 7) is 8.53. The van der Waals surface area contributed by atoms with Crippen LogP contribution in [0.3, 0.4) is 0 Å². The van der Waals surface area contributed by atoms with E-state index in [9.17, 15) is 14.4 Å². The van der Waals surface area contributed by atoms with Gasteiger partial charge in [-0.15, -0.1) is 16.7 Å². The lowest BCUT2D eigenvalue weighted by atomic mass is 10.1. The number of benzene rings is 1. The van der Waals surface area contributed by atoms with Crippen molar-refractivity contribution in [3.05, 3.63) is 34.6 Å². The molecule has 1 atom stereocenters. The Kier molecular flexibility index (Phi) is 11.0. The summed E-state index contributed by atoms with van der Waals surface area (Å²) in [5, 5.41) is 10.9. The number of hydrogen-bond acceptors (Lipinski definition) is 7. The molecule has 198 valence electrons. The Labute approximate surface area is 225 Å². The van der Waals surface area contributed by atoms with Gasteiger partial charge in [-0.1, -0.05) is 28.4 Å². The Hall–Kier alpha value is -2.40. The second-order valence-electron chi connectivity index (χ2n) is 9.11. The summed E-state index contributed by atoms with van der Waals surface area (Å²) in [5.74, 6) is -2.30. The molecule has 1 N–H and O–H groups in total. The summed E-state index contributed by atoms with van der Waals surface area (Å²) in [7, 11) is 0. The standard InChI is InChI=1S/C23H30Cl3N5O5/c1-14(2)35-9-8-18(22(34)36-23(3,4)5)30(21(33)11-24)13-20(32)27-16-10-15(25)6-7-17(16)31-12-19(26)28-29-31/h6-7,10,12,14,18H,8-9,11,13H2,1-5H3,(H,27,32). The molecule has 0 aliphatic rings. The van der Waals surface area contributed by atoms with Crippen LogP contribution >= 0.6 is 34.8 Å². The average Bonchev–Trinajstić information content (AvgIpc) is 3.19. The fourth-order valence-corrected chi connectivity index (χ4v) is 3.60. The van der Waals surface area contributed by atoms with Crippen molar-refractivity contribution in [2.24, 2.45) is 0 Å². The Balaban J connectivity index is 2.31. The zero-order valence-electron chi connectivity index (χ0n) is 20.8. The van der Waals surface area contributed by atoms with E-state index in [1.165, 1.54) is 16.9 Å². The smallest absolute Gasteiger partial charge is 0.329 e. The maximum absolute atomic E-state index is 13.1. The molecule has 0 saturated heterocycles. The van der Waals surface area contributed by atoms with Gasteiger partial charge in [0.2, 0.25) is 11.8 Å². The number of nitrogens with one attached hydrogen (secondary N) is 1. The van der Waals surface area contributed by atoms with E-state index in [-0.39, 0.29) is 24.3 Å². The van der Waals surface area contributed by atoms with Gasteiger partial charge in [0.15, 0.2) is 5.15 Å². The fraction of sp³-hybridized carbons (Fsp3) is 0.522. The molecule has 1 aromatic carbocycles. The third kappa shape index (κ3) is 9.24. The van der Waals surface area contributed by atoms with Crippen LogP contribution in [0.15, 0.2) is 24.4 Å². The maximum atomic E-state index is 13.1. The first-order valence-electron chi connectivity index (χ1n) is 11.2. The van der Waals surface area contributed by atoms with Gasteiger partial charge in [0.25, 0.3) is 0 Å². The van der Waals surface area contributed by atoms with E-state index in [4.69, 9.17) is 44.3 Å². The molecule has 1 heterocycles. The predicted molar refractivity (Wildman–Crippen MR) is 138 cm³/mol. The summed E-state index contributed by atoms with van der Waals surface area (Å²) in [6, 6.07) is 3.66. The SMILES string of the molecule is CC(C)OCCC(C(=O)OC(C)(C)C)N(CC(=O)Nc1cc(Cl)ccc1-n1cc(Cl)nn1)C(=O)CCl. The van der Waals surface area contributed by atoms with Crippen molar-refractivity contribution >= 4 is 58.3 Å². The molecule has 0 radical (unpaired) electrons. The molecule has 10 nitrogen and oxygen atoms in total. The van der Waals surface area contributed by atoms with E-state index in [1.807, 2.05) is 13.8 Å². The van der Waals surface area contributed by atoms with Crippen LogP contribution in [0.2, 0.25) is 10.2 Å². The number of rotatable bonds is 11. The molecule has 0 spiro atoms. The second-order valence-corrected chi connectivity index (χ2v) is 10.2. The predicted octanol–water partition coefficient (Wildman–Crippen LogP) is 4.11. The quantitative estimate of drug-likeness (QED) is 0.324. The van der Waals surface area contributed by atoms with E-state index in [0.29, 0.717) is 16.4 Å². The number of carbonyl (C=O) groups is 3. The number of esters is 1. The van der Waals surface area contributed by atoms with E-state index in [0.717, 1.165) is 4.90 Å². The largest absolute Gasteiger partial charge is 0.458 e. The number of aromatic nitrogens is 3. The zero-order valence-corrected chi connectivity index (χ0v) is 23.0. The topological polar surface area (TPSA) is 116 Å². The highest BCUT2D eigenvalue weighted by molar-refractivity contribution is 6.31. The normalized spacial score (nSPS) is 12.4. The average molecular weight is 563 g/mol. The molecule has 36 heavy (non-hydrogen) atoms. The van der Waals surface area contributed by atoms with Gasteiger partial charge < -0.3 is 19.7 Å². The second kappa shape index (κ2) is 13.2. The number of ether oxygens (including phenoxy) is 2. The summed E-state index contributed by atoms with van der Waals surface area (Å²) in [6.07, 6.45) is 1.48. The Morgan fingerprint density at radius 2 is 1.89 bits per heavy atom.